The van der Waals surface area contributed by atoms with Crippen LogP contribution in [0.5, 0.6) is 0 Å². The molecule has 2 aromatic rings. The van der Waals surface area contributed by atoms with E-state index in [9.17, 15) is 19.5 Å². The van der Waals surface area contributed by atoms with Crippen LogP contribution < -0.4 is 5.56 Å². The van der Waals surface area contributed by atoms with Crippen LogP contribution in [0, 0.1) is 0 Å². The highest BCUT2D eigenvalue weighted by atomic mass is 16.4. The maximum Gasteiger partial charge on any atom is 0.326 e. The Hall–Kier alpha value is -2.63. The number of rotatable bonds is 2. The summed E-state index contributed by atoms with van der Waals surface area (Å²) in [4.78, 5) is 40.0. The van der Waals surface area contributed by atoms with E-state index in [1.54, 1.807) is 24.3 Å². The fourth-order valence-electron chi connectivity index (χ4n) is 2.97. The fourth-order valence-corrected chi connectivity index (χ4v) is 2.97. The number of carbonyl (C=O) groups excluding carboxylic acids is 1. The van der Waals surface area contributed by atoms with E-state index in [1.807, 2.05) is 0 Å². The molecule has 0 unspecified atom stereocenters. The monoisotopic (exact) mass is 300 g/mol. The van der Waals surface area contributed by atoms with Gasteiger partial charge in [-0.25, -0.2) is 4.79 Å². The number of amides is 1. The molecule has 0 saturated carbocycles. The molecule has 2 N–H and O–H groups in total. The molecule has 0 bridgehead atoms. The molecular formula is C16H16N2O4. The molecule has 2 heterocycles. The minimum absolute atomic E-state index is 0.257. The number of likely N-dealkylation sites (tertiary alicyclic amines) is 1. The van der Waals surface area contributed by atoms with Gasteiger partial charge in [-0.3, -0.25) is 9.59 Å². The molecule has 1 fully saturated rings. The number of fused-ring (bicyclic) bond motifs is 1. The van der Waals surface area contributed by atoms with Gasteiger partial charge in [-0.05, 0) is 25.3 Å². The van der Waals surface area contributed by atoms with E-state index in [1.165, 1.54) is 11.0 Å². The van der Waals surface area contributed by atoms with Crippen molar-refractivity contribution in [3.8, 4) is 0 Å². The van der Waals surface area contributed by atoms with Crippen molar-refractivity contribution in [2.75, 3.05) is 6.54 Å². The van der Waals surface area contributed by atoms with Gasteiger partial charge in [-0.15, -0.1) is 0 Å². The summed E-state index contributed by atoms with van der Waals surface area (Å²) in [5.74, 6) is -1.39. The third-order valence-corrected chi connectivity index (χ3v) is 4.03. The standard InChI is InChI=1S/C16H16N2O4/c19-14-9-11(10-5-1-2-6-12(10)17-14)15(20)18-8-4-3-7-13(18)16(21)22/h1-2,5-6,9,13H,3-4,7-8H2,(H,17,19)(H,21,22)/t13-/m0/s1. The van der Waals surface area contributed by atoms with Gasteiger partial charge in [0.25, 0.3) is 5.91 Å². The summed E-state index contributed by atoms with van der Waals surface area (Å²) in [5, 5.41) is 9.94. The first-order valence-corrected chi connectivity index (χ1v) is 7.24. The quantitative estimate of drug-likeness (QED) is 0.881. The van der Waals surface area contributed by atoms with E-state index >= 15 is 0 Å². The molecule has 3 rings (SSSR count). The van der Waals surface area contributed by atoms with Crippen LogP contribution in [0.1, 0.15) is 29.6 Å². The van der Waals surface area contributed by atoms with E-state index < -0.39 is 17.9 Å². The Labute approximate surface area is 126 Å². The highest BCUT2D eigenvalue weighted by Gasteiger charge is 2.33. The summed E-state index contributed by atoms with van der Waals surface area (Å²) in [7, 11) is 0. The van der Waals surface area contributed by atoms with Gasteiger partial charge < -0.3 is 15.0 Å². The van der Waals surface area contributed by atoms with Gasteiger partial charge in [0, 0.05) is 23.5 Å². The molecular weight excluding hydrogens is 284 g/mol. The lowest BCUT2D eigenvalue weighted by Gasteiger charge is -2.33. The molecule has 0 aliphatic carbocycles. The summed E-state index contributed by atoms with van der Waals surface area (Å²) < 4.78 is 0. The van der Waals surface area contributed by atoms with E-state index in [4.69, 9.17) is 0 Å². The van der Waals surface area contributed by atoms with Crippen LogP contribution in [0.4, 0.5) is 0 Å². The highest BCUT2D eigenvalue weighted by molar-refractivity contribution is 6.07. The number of piperidine rings is 1. The van der Waals surface area contributed by atoms with Crippen molar-refractivity contribution in [2.24, 2.45) is 0 Å². The minimum atomic E-state index is -0.998. The summed E-state index contributed by atoms with van der Waals surface area (Å²) in [5.41, 5.74) is 0.459. The summed E-state index contributed by atoms with van der Waals surface area (Å²) >= 11 is 0. The van der Waals surface area contributed by atoms with Crippen LogP contribution in [0.15, 0.2) is 35.1 Å². The molecule has 0 radical (unpaired) electrons. The van der Waals surface area contributed by atoms with E-state index in [0.29, 0.717) is 23.9 Å². The largest absolute Gasteiger partial charge is 0.480 e. The lowest BCUT2D eigenvalue weighted by molar-refractivity contribution is -0.143. The van der Waals surface area contributed by atoms with Gasteiger partial charge in [-0.1, -0.05) is 18.2 Å². The predicted molar refractivity (Wildman–Crippen MR) is 80.9 cm³/mol. The van der Waals surface area contributed by atoms with Gasteiger partial charge >= 0.3 is 5.97 Å². The minimum Gasteiger partial charge on any atom is -0.480 e. The maximum atomic E-state index is 12.8. The van der Waals surface area contributed by atoms with Crippen LogP contribution in [-0.4, -0.2) is 39.5 Å². The number of benzene rings is 1. The predicted octanol–water partition coefficient (Wildman–Crippen LogP) is 1.61. The van der Waals surface area contributed by atoms with Crippen molar-refractivity contribution in [2.45, 2.75) is 25.3 Å². The van der Waals surface area contributed by atoms with Crippen LogP contribution in [0.3, 0.4) is 0 Å². The van der Waals surface area contributed by atoms with Crippen molar-refractivity contribution in [3.05, 3.63) is 46.2 Å². The number of carbonyl (C=O) groups is 2. The molecule has 1 amide bonds. The molecule has 1 aliphatic heterocycles. The van der Waals surface area contributed by atoms with Gasteiger partial charge in [0.05, 0.1) is 5.56 Å². The number of aromatic nitrogens is 1. The van der Waals surface area contributed by atoms with E-state index in [2.05, 4.69) is 4.98 Å². The normalized spacial score (nSPS) is 18.4. The average molecular weight is 300 g/mol. The second kappa shape index (κ2) is 5.63. The van der Waals surface area contributed by atoms with Crippen molar-refractivity contribution in [1.82, 2.24) is 9.88 Å². The Morgan fingerprint density at radius 2 is 2.00 bits per heavy atom. The number of para-hydroxylation sites is 1. The summed E-state index contributed by atoms with van der Waals surface area (Å²) in [6.07, 6.45) is 2.01. The smallest absolute Gasteiger partial charge is 0.326 e. The molecule has 114 valence electrons. The fraction of sp³-hybridized carbons (Fsp3) is 0.312. The van der Waals surface area contributed by atoms with Gasteiger partial charge in [-0.2, -0.15) is 0 Å². The number of H-pyrrole nitrogens is 1. The Balaban J connectivity index is 2.08. The molecule has 6 heteroatoms. The Morgan fingerprint density at radius 3 is 2.77 bits per heavy atom. The Bertz CT molecular complexity index is 796. The number of hydrogen-bond acceptors (Lipinski definition) is 3. The topological polar surface area (TPSA) is 90.5 Å². The Morgan fingerprint density at radius 1 is 1.23 bits per heavy atom. The van der Waals surface area contributed by atoms with E-state index in [0.717, 1.165) is 12.8 Å². The lowest BCUT2D eigenvalue weighted by Crippen LogP contribution is -2.48. The van der Waals surface area contributed by atoms with Crippen molar-refractivity contribution < 1.29 is 14.7 Å². The number of carboxylic acid groups (broad SMARTS) is 1. The first kappa shape index (κ1) is 14.3. The molecule has 1 atom stereocenters. The number of aromatic amines is 1. The van der Waals surface area contributed by atoms with Crippen LogP contribution in [-0.2, 0) is 4.79 Å². The summed E-state index contributed by atoms with van der Waals surface area (Å²) in [6, 6.07) is 7.45. The number of carboxylic acids is 1. The maximum absolute atomic E-state index is 12.8. The molecule has 6 nitrogen and oxygen atoms in total. The number of nitrogens with one attached hydrogen (secondary N) is 1. The van der Waals surface area contributed by atoms with Crippen molar-refractivity contribution in [3.63, 3.8) is 0 Å². The second-order valence-corrected chi connectivity index (χ2v) is 5.44. The first-order chi connectivity index (χ1) is 10.6. The molecule has 1 aromatic heterocycles. The number of pyridine rings is 1. The van der Waals surface area contributed by atoms with Crippen molar-refractivity contribution >= 4 is 22.8 Å². The third-order valence-electron chi connectivity index (χ3n) is 4.03. The van der Waals surface area contributed by atoms with Crippen LogP contribution in [0.25, 0.3) is 10.9 Å². The first-order valence-electron chi connectivity index (χ1n) is 7.24. The SMILES string of the molecule is O=C(O)[C@@H]1CCCCN1C(=O)c1cc(=O)[nH]c2ccccc12. The molecule has 1 aromatic carbocycles. The zero-order chi connectivity index (χ0) is 15.7. The van der Waals surface area contributed by atoms with Gasteiger partial charge in [0.15, 0.2) is 0 Å². The molecule has 22 heavy (non-hydrogen) atoms. The van der Waals surface area contributed by atoms with Crippen LogP contribution >= 0.6 is 0 Å². The number of nitrogens with zero attached hydrogens (tertiary/aromatic N) is 1. The Kier molecular flexibility index (Phi) is 3.66. The number of aliphatic carboxylic acids is 1. The molecule has 0 spiro atoms. The average Bonchev–Trinajstić information content (AvgIpc) is 2.53. The zero-order valence-corrected chi connectivity index (χ0v) is 11.9. The van der Waals surface area contributed by atoms with Crippen LogP contribution in [0.2, 0.25) is 0 Å². The van der Waals surface area contributed by atoms with E-state index in [-0.39, 0.29) is 11.1 Å². The molecule has 1 saturated heterocycles. The second-order valence-electron chi connectivity index (χ2n) is 5.44. The van der Waals surface area contributed by atoms with Gasteiger partial charge in [0.2, 0.25) is 5.56 Å². The van der Waals surface area contributed by atoms with Crippen molar-refractivity contribution in [1.29, 1.82) is 0 Å². The van der Waals surface area contributed by atoms with Gasteiger partial charge in [0.1, 0.15) is 6.04 Å². The lowest BCUT2D eigenvalue weighted by atomic mass is 10.00. The zero-order valence-electron chi connectivity index (χ0n) is 11.9. The third kappa shape index (κ3) is 2.47. The highest BCUT2D eigenvalue weighted by Crippen LogP contribution is 2.22. The molecule has 1 aliphatic rings. The summed E-state index contributed by atoms with van der Waals surface area (Å²) in [6.45, 7) is 0.400. The number of hydrogen-bond donors (Lipinski definition) is 2.